The van der Waals surface area contributed by atoms with Crippen LogP contribution in [0.4, 0.5) is 5.69 Å². The van der Waals surface area contributed by atoms with Crippen molar-refractivity contribution in [2.24, 2.45) is 0 Å². The Kier molecular flexibility index (Phi) is 11.4. The molecule has 1 N–H and O–H groups in total. The van der Waals surface area contributed by atoms with Gasteiger partial charge in [0, 0.05) is 42.5 Å². The monoisotopic (exact) mass is 603 g/mol. The first kappa shape index (κ1) is 31.5. The molecule has 1 atom stereocenters. The van der Waals surface area contributed by atoms with Gasteiger partial charge in [0.05, 0.1) is 11.9 Å². The maximum absolute atomic E-state index is 13.8. The van der Waals surface area contributed by atoms with Crippen LogP contribution in [0.1, 0.15) is 36.5 Å². The van der Waals surface area contributed by atoms with Gasteiger partial charge in [0.15, 0.2) is 0 Å². The molecule has 2 amide bonds. The molecule has 0 radical (unpaired) electrons. The van der Waals surface area contributed by atoms with E-state index in [-0.39, 0.29) is 37.7 Å². The Labute approximate surface area is 247 Å². The Morgan fingerprint density at radius 3 is 2.23 bits per heavy atom. The number of nitrogens with one attached hydrogen (secondary N) is 1. The van der Waals surface area contributed by atoms with Crippen molar-refractivity contribution in [1.82, 2.24) is 10.2 Å². The standard InChI is InChI=1S/C30H35Cl2N3O4S/c1-4-33-30(37)28(20-23-10-6-5-7-11-23)34(21-24-15-17-25(31)18-16-24)29(36)14-9-19-35(40(3,38)39)27-13-8-12-26(32)22(27)2/h5-8,10-13,15-18,28H,4,9,14,19-21H2,1-3H3,(H,33,37)/t28-/m1/s1. The highest BCUT2D eigenvalue weighted by atomic mass is 35.5. The lowest BCUT2D eigenvalue weighted by molar-refractivity contribution is -0.141. The number of likely N-dealkylation sites (N-methyl/N-ethyl adjacent to an activating group) is 1. The van der Waals surface area contributed by atoms with Crippen molar-refractivity contribution in [1.29, 1.82) is 0 Å². The third-order valence-electron chi connectivity index (χ3n) is 6.55. The number of anilines is 1. The van der Waals surface area contributed by atoms with E-state index in [1.165, 1.54) is 4.31 Å². The second-order valence-corrected chi connectivity index (χ2v) is 12.3. The van der Waals surface area contributed by atoms with Gasteiger partial charge in [0.2, 0.25) is 21.8 Å². The quantitative estimate of drug-likeness (QED) is 0.274. The van der Waals surface area contributed by atoms with Crippen molar-refractivity contribution >= 4 is 50.7 Å². The van der Waals surface area contributed by atoms with Crippen LogP contribution in [-0.4, -0.2) is 50.5 Å². The predicted molar refractivity (Wildman–Crippen MR) is 162 cm³/mol. The van der Waals surface area contributed by atoms with Crippen molar-refractivity contribution in [3.8, 4) is 0 Å². The number of rotatable bonds is 13. The van der Waals surface area contributed by atoms with Crippen LogP contribution in [0.3, 0.4) is 0 Å². The minimum Gasteiger partial charge on any atom is -0.355 e. The number of carbonyl (C=O) groups excluding carboxylic acids is 2. The molecule has 0 heterocycles. The number of hydrogen-bond acceptors (Lipinski definition) is 4. The van der Waals surface area contributed by atoms with Gasteiger partial charge in [0.1, 0.15) is 6.04 Å². The Balaban J connectivity index is 1.87. The van der Waals surface area contributed by atoms with Gasteiger partial charge in [-0.2, -0.15) is 0 Å². The van der Waals surface area contributed by atoms with Gasteiger partial charge in [-0.25, -0.2) is 8.42 Å². The molecule has 3 aromatic carbocycles. The van der Waals surface area contributed by atoms with Gasteiger partial charge in [-0.1, -0.05) is 71.7 Å². The van der Waals surface area contributed by atoms with Gasteiger partial charge in [0.25, 0.3) is 0 Å². The second kappa shape index (κ2) is 14.5. The lowest BCUT2D eigenvalue weighted by Crippen LogP contribution is -2.50. The highest BCUT2D eigenvalue weighted by molar-refractivity contribution is 7.92. The van der Waals surface area contributed by atoms with Crippen LogP contribution in [0.2, 0.25) is 10.0 Å². The zero-order valence-electron chi connectivity index (χ0n) is 22.9. The normalized spacial score (nSPS) is 12.0. The molecule has 0 aromatic heterocycles. The molecule has 0 unspecified atom stereocenters. The van der Waals surface area contributed by atoms with Crippen molar-refractivity contribution in [2.75, 3.05) is 23.7 Å². The fourth-order valence-electron chi connectivity index (χ4n) is 4.48. The van der Waals surface area contributed by atoms with Gasteiger partial charge in [-0.05, 0) is 61.2 Å². The van der Waals surface area contributed by atoms with Crippen LogP contribution in [0.5, 0.6) is 0 Å². The molecule has 0 saturated carbocycles. The summed E-state index contributed by atoms with van der Waals surface area (Å²) >= 11 is 12.3. The third kappa shape index (κ3) is 8.71. The first-order valence-corrected chi connectivity index (χ1v) is 15.7. The summed E-state index contributed by atoms with van der Waals surface area (Å²) in [5, 5.41) is 3.90. The molecule has 0 aliphatic rings. The number of nitrogens with zero attached hydrogens (tertiary/aromatic N) is 2. The minimum atomic E-state index is -3.63. The summed E-state index contributed by atoms with van der Waals surface area (Å²) in [5.41, 5.74) is 2.87. The number of halogens is 2. The predicted octanol–water partition coefficient (Wildman–Crippen LogP) is 5.62. The zero-order chi connectivity index (χ0) is 29.3. The van der Waals surface area contributed by atoms with Crippen LogP contribution in [0.25, 0.3) is 0 Å². The van der Waals surface area contributed by atoms with E-state index in [4.69, 9.17) is 23.2 Å². The Bertz CT molecular complexity index is 1400. The molecule has 40 heavy (non-hydrogen) atoms. The number of carbonyl (C=O) groups is 2. The SMILES string of the molecule is CCNC(=O)[C@@H](Cc1ccccc1)N(Cc1ccc(Cl)cc1)C(=O)CCCN(c1cccc(Cl)c1C)S(C)(=O)=O. The van der Waals surface area contributed by atoms with E-state index in [9.17, 15) is 18.0 Å². The number of sulfonamides is 1. The number of hydrogen-bond donors (Lipinski definition) is 1. The molecule has 7 nitrogen and oxygen atoms in total. The van der Waals surface area contributed by atoms with E-state index in [2.05, 4.69) is 5.32 Å². The number of benzene rings is 3. The third-order valence-corrected chi connectivity index (χ3v) is 8.39. The molecule has 0 bridgehead atoms. The first-order chi connectivity index (χ1) is 19.0. The van der Waals surface area contributed by atoms with E-state index in [1.807, 2.05) is 49.4 Å². The summed E-state index contributed by atoms with van der Waals surface area (Å²) in [6.45, 7) is 4.31. The summed E-state index contributed by atoms with van der Waals surface area (Å²) in [4.78, 5) is 28.6. The molecule has 0 fully saturated rings. The summed E-state index contributed by atoms with van der Waals surface area (Å²) in [6, 6.07) is 21.0. The average Bonchev–Trinajstić information content (AvgIpc) is 2.91. The van der Waals surface area contributed by atoms with Crippen LogP contribution in [0, 0.1) is 6.92 Å². The molecule has 3 aromatic rings. The average molecular weight is 605 g/mol. The van der Waals surface area contributed by atoms with Crippen LogP contribution in [-0.2, 0) is 32.6 Å². The van der Waals surface area contributed by atoms with Gasteiger partial charge in [-0.15, -0.1) is 0 Å². The highest BCUT2D eigenvalue weighted by Crippen LogP contribution is 2.28. The maximum Gasteiger partial charge on any atom is 0.243 e. The zero-order valence-corrected chi connectivity index (χ0v) is 25.3. The summed E-state index contributed by atoms with van der Waals surface area (Å²) < 4.78 is 26.6. The van der Waals surface area contributed by atoms with Gasteiger partial charge in [-0.3, -0.25) is 13.9 Å². The summed E-state index contributed by atoms with van der Waals surface area (Å²) in [5.74, 6) is -0.501. The molecular weight excluding hydrogens is 569 g/mol. The first-order valence-electron chi connectivity index (χ1n) is 13.1. The molecule has 10 heteroatoms. The van der Waals surface area contributed by atoms with Crippen molar-refractivity contribution in [2.45, 2.75) is 45.7 Å². The lowest BCUT2D eigenvalue weighted by atomic mass is 10.0. The molecule has 0 saturated heterocycles. The largest absolute Gasteiger partial charge is 0.355 e. The molecule has 3 rings (SSSR count). The van der Waals surface area contributed by atoms with E-state index in [0.29, 0.717) is 34.3 Å². The smallest absolute Gasteiger partial charge is 0.243 e. The fourth-order valence-corrected chi connectivity index (χ4v) is 5.79. The van der Waals surface area contributed by atoms with E-state index >= 15 is 0 Å². The van der Waals surface area contributed by atoms with Gasteiger partial charge < -0.3 is 10.2 Å². The fraction of sp³-hybridized carbons (Fsp3) is 0.333. The van der Waals surface area contributed by atoms with Gasteiger partial charge >= 0.3 is 0 Å². The van der Waals surface area contributed by atoms with E-state index in [0.717, 1.165) is 17.4 Å². The lowest BCUT2D eigenvalue weighted by Gasteiger charge is -2.32. The van der Waals surface area contributed by atoms with Crippen LogP contribution in [0.15, 0.2) is 72.8 Å². The maximum atomic E-state index is 13.8. The highest BCUT2D eigenvalue weighted by Gasteiger charge is 2.30. The summed E-state index contributed by atoms with van der Waals surface area (Å²) in [6.07, 6.45) is 1.77. The van der Waals surface area contributed by atoms with Crippen molar-refractivity contribution < 1.29 is 18.0 Å². The molecule has 0 aliphatic heterocycles. The minimum absolute atomic E-state index is 0.0456. The molecule has 0 aliphatic carbocycles. The molecule has 214 valence electrons. The van der Waals surface area contributed by atoms with Crippen LogP contribution >= 0.6 is 23.2 Å². The Morgan fingerprint density at radius 1 is 0.925 bits per heavy atom. The van der Waals surface area contributed by atoms with Crippen molar-refractivity contribution in [3.05, 3.63) is 99.5 Å². The number of amides is 2. The topological polar surface area (TPSA) is 86.8 Å². The second-order valence-electron chi connectivity index (χ2n) is 9.57. The summed E-state index contributed by atoms with van der Waals surface area (Å²) in [7, 11) is -3.63. The Hall–Kier alpha value is -3.07. The van der Waals surface area contributed by atoms with Crippen LogP contribution < -0.4 is 9.62 Å². The van der Waals surface area contributed by atoms with Crippen molar-refractivity contribution in [3.63, 3.8) is 0 Å². The molecule has 0 spiro atoms. The van der Waals surface area contributed by atoms with E-state index in [1.54, 1.807) is 42.2 Å². The Morgan fingerprint density at radius 2 is 1.60 bits per heavy atom. The van der Waals surface area contributed by atoms with E-state index < -0.39 is 16.1 Å². The molecular formula is C30H35Cl2N3O4S.